The minimum Gasteiger partial charge on any atom is -0.303 e. The first-order valence-electron chi connectivity index (χ1n) is 5.26. The van der Waals surface area contributed by atoms with Crippen molar-refractivity contribution < 1.29 is 0 Å². The van der Waals surface area contributed by atoms with Crippen molar-refractivity contribution in [1.82, 2.24) is 4.90 Å². The van der Waals surface area contributed by atoms with Crippen LogP contribution in [0.4, 0.5) is 0 Å². The van der Waals surface area contributed by atoms with Gasteiger partial charge in [-0.05, 0) is 44.8 Å². The normalized spacial score (nSPS) is 11.5. The Labute approximate surface area is 78.1 Å². The number of rotatable bonds is 7. The van der Waals surface area contributed by atoms with Gasteiger partial charge < -0.3 is 4.90 Å². The van der Waals surface area contributed by atoms with Crippen LogP contribution in [0.25, 0.3) is 0 Å². The van der Waals surface area contributed by atoms with Crippen LogP contribution in [0.2, 0.25) is 0 Å². The highest BCUT2D eigenvalue weighted by Crippen LogP contribution is 2.02. The van der Waals surface area contributed by atoms with Crippen molar-refractivity contribution in [1.29, 1.82) is 0 Å². The minimum atomic E-state index is 0.598. The van der Waals surface area contributed by atoms with Crippen LogP contribution in [-0.2, 0) is 0 Å². The van der Waals surface area contributed by atoms with Crippen LogP contribution >= 0.6 is 0 Å². The zero-order valence-corrected chi connectivity index (χ0v) is 8.97. The lowest BCUT2D eigenvalue weighted by Crippen LogP contribution is -2.27. The highest BCUT2D eigenvalue weighted by Gasteiger charge is 2.02. The van der Waals surface area contributed by atoms with Gasteiger partial charge in [0, 0.05) is 0 Å². The summed E-state index contributed by atoms with van der Waals surface area (Å²) in [5, 5.41) is 0. The van der Waals surface area contributed by atoms with E-state index >= 15 is 0 Å². The maximum Gasteiger partial charge on any atom is -0.00162 e. The van der Waals surface area contributed by atoms with E-state index in [0.29, 0.717) is 5.92 Å². The first-order valence-corrected chi connectivity index (χ1v) is 5.26. The Morgan fingerprint density at radius 2 is 1.58 bits per heavy atom. The van der Waals surface area contributed by atoms with Crippen molar-refractivity contribution in [3.05, 3.63) is 6.92 Å². The summed E-state index contributed by atoms with van der Waals surface area (Å²) >= 11 is 0. The molecule has 0 aromatic heterocycles. The molecule has 0 amide bonds. The Bertz CT molecular complexity index is 83.0. The largest absolute Gasteiger partial charge is 0.303 e. The third kappa shape index (κ3) is 6.66. The molecule has 0 saturated carbocycles. The molecular formula is C11H24N. The zero-order valence-electron chi connectivity index (χ0n) is 8.97. The molecule has 12 heavy (non-hydrogen) atoms. The van der Waals surface area contributed by atoms with Crippen LogP contribution in [0, 0.1) is 12.8 Å². The van der Waals surface area contributed by atoms with Crippen LogP contribution in [0.5, 0.6) is 0 Å². The highest BCUT2D eigenvalue weighted by molar-refractivity contribution is 4.61. The highest BCUT2D eigenvalue weighted by atomic mass is 15.1. The van der Waals surface area contributed by atoms with Crippen LogP contribution in [0.1, 0.15) is 40.0 Å². The second-order valence-corrected chi connectivity index (χ2v) is 3.74. The molecule has 0 heterocycles. The van der Waals surface area contributed by atoms with Crippen LogP contribution in [-0.4, -0.2) is 24.5 Å². The SMILES string of the molecule is [CH2]C(C)CCN(CCC)CCC. The first-order chi connectivity index (χ1) is 5.70. The van der Waals surface area contributed by atoms with Gasteiger partial charge in [0.1, 0.15) is 0 Å². The Balaban J connectivity index is 3.48. The fourth-order valence-corrected chi connectivity index (χ4v) is 1.37. The van der Waals surface area contributed by atoms with Crippen molar-refractivity contribution in [2.75, 3.05) is 19.6 Å². The topological polar surface area (TPSA) is 3.24 Å². The van der Waals surface area contributed by atoms with Gasteiger partial charge in [-0.3, -0.25) is 0 Å². The van der Waals surface area contributed by atoms with E-state index in [9.17, 15) is 0 Å². The Morgan fingerprint density at radius 1 is 1.08 bits per heavy atom. The predicted molar refractivity (Wildman–Crippen MR) is 56.2 cm³/mol. The molecule has 0 aromatic carbocycles. The third-order valence-corrected chi connectivity index (χ3v) is 2.02. The molecule has 0 fully saturated rings. The fraction of sp³-hybridized carbons (Fsp3) is 0.909. The molecule has 0 bridgehead atoms. The Kier molecular flexibility index (Phi) is 7.58. The second-order valence-electron chi connectivity index (χ2n) is 3.74. The van der Waals surface area contributed by atoms with E-state index in [-0.39, 0.29) is 0 Å². The van der Waals surface area contributed by atoms with E-state index in [1.807, 2.05) is 0 Å². The summed E-state index contributed by atoms with van der Waals surface area (Å²) in [7, 11) is 0. The predicted octanol–water partition coefficient (Wildman–Crippen LogP) is 2.97. The molecule has 1 radical (unpaired) electrons. The number of nitrogens with zero attached hydrogens (tertiary/aromatic N) is 1. The summed E-state index contributed by atoms with van der Waals surface area (Å²) in [5.41, 5.74) is 0. The van der Waals surface area contributed by atoms with Crippen molar-refractivity contribution in [3.63, 3.8) is 0 Å². The van der Waals surface area contributed by atoms with Gasteiger partial charge in [-0.2, -0.15) is 0 Å². The second kappa shape index (κ2) is 7.60. The molecule has 0 rings (SSSR count). The lowest BCUT2D eigenvalue weighted by atomic mass is 10.1. The van der Waals surface area contributed by atoms with Crippen LogP contribution in [0.3, 0.4) is 0 Å². The third-order valence-electron chi connectivity index (χ3n) is 2.02. The summed E-state index contributed by atoms with van der Waals surface area (Å²) < 4.78 is 0. The lowest BCUT2D eigenvalue weighted by Gasteiger charge is -2.21. The van der Waals surface area contributed by atoms with E-state index in [1.54, 1.807) is 0 Å². The summed E-state index contributed by atoms with van der Waals surface area (Å²) in [5.74, 6) is 0.598. The smallest absolute Gasteiger partial charge is 0.00162 e. The molecule has 73 valence electrons. The van der Waals surface area contributed by atoms with Gasteiger partial charge in [0.25, 0.3) is 0 Å². The minimum absolute atomic E-state index is 0.598. The van der Waals surface area contributed by atoms with Gasteiger partial charge >= 0.3 is 0 Å². The van der Waals surface area contributed by atoms with Crippen LogP contribution < -0.4 is 0 Å². The molecule has 0 aliphatic carbocycles. The molecule has 0 spiro atoms. The van der Waals surface area contributed by atoms with Gasteiger partial charge in [-0.25, -0.2) is 0 Å². The monoisotopic (exact) mass is 170 g/mol. The van der Waals surface area contributed by atoms with Gasteiger partial charge in [-0.1, -0.05) is 27.7 Å². The molecular weight excluding hydrogens is 146 g/mol. The number of hydrogen-bond acceptors (Lipinski definition) is 1. The summed E-state index contributed by atoms with van der Waals surface area (Å²) in [6, 6.07) is 0. The molecule has 0 aliphatic heterocycles. The maximum absolute atomic E-state index is 4.00. The van der Waals surface area contributed by atoms with Gasteiger partial charge in [0.05, 0.1) is 0 Å². The average Bonchev–Trinajstić information content (AvgIpc) is 2.01. The molecule has 0 aromatic rings. The zero-order chi connectivity index (χ0) is 9.40. The summed E-state index contributed by atoms with van der Waals surface area (Å²) in [6.45, 7) is 14.4. The van der Waals surface area contributed by atoms with E-state index in [4.69, 9.17) is 0 Å². The van der Waals surface area contributed by atoms with E-state index in [1.165, 1.54) is 38.9 Å². The quantitative estimate of drug-likeness (QED) is 0.568. The fourth-order valence-electron chi connectivity index (χ4n) is 1.37. The molecule has 1 atom stereocenters. The van der Waals surface area contributed by atoms with Crippen molar-refractivity contribution >= 4 is 0 Å². The summed E-state index contributed by atoms with van der Waals surface area (Å²) in [6.07, 6.45) is 3.77. The average molecular weight is 170 g/mol. The van der Waals surface area contributed by atoms with E-state index < -0.39 is 0 Å². The maximum atomic E-state index is 4.00. The molecule has 1 heteroatoms. The van der Waals surface area contributed by atoms with Crippen molar-refractivity contribution in [2.24, 2.45) is 5.92 Å². The Hall–Kier alpha value is -0.0400. The first kappa shape index (κ1) is 12.0. The standard InChI is InChI=1S/C11H24N/c1-5-8-12(9-6-2)10-7-11(3)4/h11H,3,5-10H2,1-2,4H3. The molecule has 0 saturated heterocycles. The molecule has 0 N–H and O–H groups in total. The van der Waals surface area contributed by atoms with E-state index in [0.717, 1.165) is 0 Å². The Morgan fingerprint density at radius 3 is 1.92 bits per heavy atom. The molecule has 1 unspecified atom stereocenters. The lowest BCUT2D eigenvalue weighted by molar-refractivity contribution is 0.262. The van der Waals surface area contributed by atoms with Gasteiger partial charge in [0.2, 0.25) is 0 Å². The summed E-state index contributed by atoms with van der Waals surface area (Å²) in [4.78, 5) is 2.54. The van der Waals surface area contributed by atoms with Crippen molar-refractivity contribution in [2.45, 2.75) is 40.0 Å². The molecule has 0 aliphatic rings. The number of hydrogen-bond donors (Lipinski definition) is 0. The van der Waals surface area contributed by atoms with Crippen molar-refractivity contribution in [3.8, 4) is 0 Å². The van der Waals surface area contributed by atoms with Gasteiger partial charge in [-0.15, -0.1) is 0 Å². The van der Waals surface area contributed by atoms with E-state index in [2.05, 4.69) is 32.6 Å². The van der Waals surface area contributed by atoms with Crippen LogP contribution in [0.15, 0.2) is 0 Å². The van der Waals surface area contributed by atoms with Gasteiger partial charge in [0.15, 0.2) is 0 Å². The molecule has 1 nitrogen and oxygen atoms in total.